The van der Waals surface area contributed by atoms with Crippen molar-refractivity contribution < 1.29 is 4.92 Å². The van der Waals surface area contributed by atoms with Crippen molar-refractivity contribution in [1.82, 2.24) is 0 Å². The lowest BCUT2D eigenvalue weighted by Crippen LogP contribution is -1.93. The molecule has 1 rings (SSSR count). The number of nitro benzene ring substituents is 1. The van der Waals surface area contributed by atoms with Gasteiger partial charge in [0, 0.05) is 11.0 Å². The van der Waals surface area contributed by atoms with Crippen molar-refractivity contribution in [2.75, 3.05) is 5.75 Å². The SMILES string of the molecule is CC(C)CCSc1ccc([N+](=O)[O-])c(C#N)c1. The molecule has 0 bridgehead atoms. The summed E-state index contributed by atoms with van der Waals surface area (Å²) in [5.74, 6) is 1.59. The van der Waals surface area contributed by atoms with Gasteiger partial charge in [0.15, 0.2) is 0 Å². The van der Waals surface area contributed by atoms with E-state index in [9.17, 15) is 10.1 Å². The minimum Gasteiger partial charge on any atom is -0.258 e. The zero-order valence-corrected chi connectivity index (χ0v) is 10.7. The average molecular weight is 250 g/mol. The van der Waals surface area contributed by atoms with Crippen molar-refractivity contribution in [2.45, 2.75) is 25.2 Å². The van der Waals surface area contributed by atoms with Gasteiger partial charge in [-0.15, -0.1) is 11.8 Å². The maximum absolute atomic E-state index is 10.6. The summed E-state index contributed by atoms with van der Waals surface area (Å²) in [6, 6.07) is 6.55. The van der Waals surface area contributed by atoms with Crippen LogP contribution in [0.2, 0.25) is 0 Å². The number of benzene rings is 1. The lowest BCUT2D eigenvalue weighted by molar-refractivity contribution is -0.385. The number of nitro groups is 1. The highest BCUT2D eigenvalue weighted by Gasteiger charge is 2.13. The Bertz CT molecular complexity index is 452. The molecule has 17 heavy (non-hydrogen) atoms. The van der Waals surface area contributed by atoms with Crippen LogP contribution in [0.3, 0.4) is 0 Å². The number of thioether (sulfide) groups is 1. The summed E-state index contributed by atoms with van der Waals surface area (Å²) in [6.45, 7) is 4.30. The van der Waals surface area contributed by atoms with Crippen molar-refractivity contribution >= 4 is 17.4 Å². The minimum atomic E-state index is -0.527. The van der Waals surface area contributed by atoms with Crippen LogP contribution in [0.5, 0.6) is 0 Å². The number of nitrogens with zero attached hydrogens (tertiary/aromatic N) is 2. The van der Waals surface area contributed by atoms with Crippen molar-refractivity contribution in [3.05, 3.63) is 33.9 Å². The van der Waals surface area contributed by atoms with Crippen LogP contribution in [-0.2, 0) is 0 Å². The predicted octanol–water partition coefficient (Wildman–Crippen LogP) is 3.60. The van der Waals surface area contributed by atoms with Crippen LogP contribution < -0.4 is 0 Å². The van der Waals surface area contributed by atoms with Crippen LogP contribution in [0.25, 0.3) is 0 Å². The maximum atomic E-state index is 10.6. The van der Waals surface area contributed by atoms with Gasteiger partial charge in [-0.25, -0.2) is 0 Å². The molecule has 0 unspecified atom stereocenters. The Kier molecular flexibility index (Phi) is 4.98. The minimum absolute atomic E-state index is 0.124. The fourth-order valence-electron chi connectivity index (χ4n) is 1.27. The van der Waals surface area contributed by atoms with Gasteiger partial charge in [0.1, 0.15) is 11.6 Å². The number of rotatable bonds is 5. The first-order valence-electron chi connectivity index (χ1n) is 5.36. The normalized spacial score (nSPS) is 10.2. The molecule has 0 aromatic heterocycles. The quantitative estimate of drug-likeness (QED) is 0.455. The van der Waals surface area contributed by atoms with Crippen molar-refractivity contribution in [3.8, 4) is 6.07 Å². The molecule has 0 N–H and O–H groups in total. The van der Waals surface area contributed by atoms with Crippen LogP contribution in [0, 0.1) is 27.4 Å². The fourth-order valence-corrected chi connectivity index (χ4v) is 2.46. The number of nitriles is 1. The standard InChI is InChI=1S/C12H14N2O2S/c1-9(2)5-6-17-11-3-4-12(14(15)16)10(7-11)8-13/h3-4,7,9H,5-6H2,1-2H3. The summed E-state index contributed by atoms with van der Waals surface area (Å²) in [5, 5.41) is 19.5. The van der Waals surface area contributed by atoms with Crippen LogP contribution in [0.15, 0.2) is 23.1 Å². The van der Waals surface area contributed by atoms with E-state index in [4.69, 9.17) is 5.26 Å². The molecule has 0 spiro atoms. The molecular weight excluding hydrogens is 236 g/mol. The third-order valence-electron chi connectivity index (χ3n) is 2.25. The smallest absolute Gasteiger partial charge is 0.258 e. The van der Waals surface area contributed by atoms with E-state index in [0.717, 1.165) is 17.1 Å². The van der Waals surface area contributed by atoms with E-state index in [1.54, 1.807) is 23.9 Å². The van der Waals surface area contributed by atoms with Gasteiger partial charge in [-0.1, -0.05) is 13.8 Å². The predicted molar refractivity (Wildman–Crippen MR) is 68.0 cm³/mol. The summed E-state index contributed by atoms with van der Waals surface area (Å²) in [7, 11) is 0. The van der Waals surface area contributed by atoms with Gasteiger partial charge < -0.3 is 0 Å². The Morgan fingerprint density at radius 1 is 1.53 bits per heavy atom. The van der Waals surface area contributed by atoms with Gasteiger partial charge in [0.05, 0.1) is 4.92 Å². The molecule has 0 amide bonds. The molecule has 0 heterocycles. The van der Waals surface area contributed by atoms with E-state index in [1.165, 1.54) is 6.07 Å². The molecule has 1 aromatic carbocycles. The average Bonchev–Trinajstić information content (AvgIpc) is 2.28. The molecule has 0 atom stereocenters. The molecule has 0 saturated heterocycles. The van der Waals surface area contributed by atoms with E-state index in [-0.39, 0.29) is 11.3 Å². The zero-order chi connectivity index (χ0) is 12.8. The molecule has 0 aliphatic heterocycles. The second-order valence-corrected chi connectivity index (χ2v) is 5.25. The van der Waals surface area contributed by atoms with E-state index in [2.05, 4.69) is 13.8 Å². The topological polar surface area (TPSA) is 66.9 Å². The van der Waals surface area contributed by atoms with Crippen LogP contribution in [0.1, 0.15) is 25.8 Å². The van der Waals surface area contributed by atoms with E-state index in [0.29, 0.717) is 5.92 Å². The molecule has 5 heteroatoms. The van der Waals surface area contributed by atoms with Crippen LogP contribution >= 0.6 is 11.8 Å². The molecule has 90 valence electrons. The molecule has 1 aromatic rings. The van der Waals surface area contributed by atoms with Gasteiger partial charge in [0.2, 0.25) is 0 Å². The summed E-state index contributed by atoms with van der Waals surface area (Å²) < 4.78 is 0. The third-order valence-corrected chi connectivity index (χ3v) is 3.28. The second-order valence-electron chi connectivity index (χ2n) is 4.08. The highest BCUT2D eigenvalue weighted by atomic mass is 32.2. The van der Waals surface area contributed by atoms with E-state index >= 15 is 0 Å². The van der Waals surface area contributed by atoms with Crippen LogP contribution in [-0.4, -0.2) is 10.7 Å². The van der Waals surface area contributed by atoms with Crippen LogP contribution in [0.4, 0.5) is 5.69 Å². The Balaban J connectivity index is 2.77. The van der Waals surface area contributed by atoms with Crippen molar-refractivity contribution in [1.29, 1.82) is 5.26 Å². The summed E-state index contributed by atoms with van der Waals surface area (Å²) in [6.07, 6.45) is 1.09. The van der Waals surface area contributed by atoms with Crippen molar-refractivity contribution in [3.63, 3.8) is 0 Å². The molecule has 0 fully saturated rings. The largest absolute Gasteiger partial charge is 0.287 e. The summed E-state index contributed by atoms with van der Waals surface area (Å²) in [4.78, 5) is 11.0. The molecule has 4 nitrogen and oxygen atoms in total. The lowest BCUT2D eigenvalue weighted by Gasteiger charge is -2.04. The highest BCUT2D eigenvalue weighted by Crippen LogP contribution is 2.26. The second kappa shape index (κ2) is 6.26. The first-order valence-corrected chi connectivity index (χ1v) is 6.34. The monoisotopic (exact) mass is 250 g/mol. The van der Waals surface area contributed by atoms with Crippen molar-refractivity contribution in [2.24, 2.45) is 5.92 Å². The molecule has 0 aliphatic carbocycles. The maximum Gasteiger partial charge on any atom is 0.287 e. The van der Waals surface area contributed by atoms with E-state index in [1.807, 2.05) is 6.07 Å². The first-order chi connectivity index (χ1) is 8.04. The number of hydrogen-bond acceptors (Lipinski definition) is 4. The number of hydrogen-bond donors (Lipinski definition) is 0. The molecule has 0 saturated carbocycles. The fraction of sp³-hybridized carbons (Fsp3) is 0.417. The lowest BCUT2D eigenvalue weighted by atomic mass is 10.2. The molecule has 0 aliphatic rings. The van der Waals surface area contributed by atoms with Gasteiger partial charge >= 0.3 is 0 Å². The zero-order valence-electron chi connectivity index (χ0n) is 9.84. The third kappa shape index (κ3) is 4.08. The van der Waals surface area contributed by atoms with Gasteiger partial charge in [-0.05, 0) is 30.2 Å². The highest BCUT2D eigenvalue weighted by molar-refractivity contribution is 7.99. The Morgan fingerprint density at radius 2 is 2.24 bits per heavy atom. The van der Waals surface area contributed by atoms with Gasteiger partial charge in [0.25, 0.3) is 5.69 Å². The first kappa shape index (κ1) is 13.5. The van der Waals surface area contributed by atoms with E-state index < -0.39 is 4.92 Å². The summed E-state index contributed by atoms with van der Waals surface area (Å²) in [5.41, 5.74) is 0.00487. The Hall–Kier alpha value is -1.54. The molecule has 0 radical (unpaired) electrons. The Morgan fingerprint density at radius 3 is 2.76 bits per heavy atom. The van der Waals surface area contributed by atoms with Gasteiger partial charge in [-0.2, -0.15) is 5.26 Å². The van der Waals surface area contributed by atoms with Gasteiger partial charge in [-0.3, -0.25) is 10.1 Å². The molecular formula is C12H14N2O2S. The Labute approximate surface area is 105 Å². The summed E-state index contributed by atoms with van der Waals surface area (Å²) >= 11 is 1.62.